The van der Waals surface area contributed by atoms with Crippen LogP contribution in [0.2, 0.25) is 0 Å². The molecule has 0 aliphatic heterocycles. The summed E-state index contributed by atoms with van der Waals surface area (Å²) >= 11 is 3.45. The third-order valence-corrected chi connectivity index (χ3v) is 4.09. The van der Waals surface area contributed by atoms with Gasteiger partial charge in [0.2, 0.25) is 5.91 Å². The molecule has 1 amide bonds. The molecule has 0 aromatic heterocycles. The van der Waals surface area contributed by atoms with Gasteiger partial charge in [-0.25, -0.2) is 0 Å². The first-order valence-corrected chi connectivity index (χ1v) is 8.64. The van der Waals surface area contributed by atoms with Crippen LogP contribution in [-0.4, -0.2) is 12.5 Å². The molecule has 1 atom stereocenters. The maximum atomic E-state index is 12.1. The van der Waals surface area contributed by atoms with Crippen molar-refractivity contribution in [3.05, 3.63) is 64.1 Å². The van der Waals surface area contributed by atoms with Crippen molar-refractivity contribution >= 4 is 21.8 Å². The molecular weight excluding hydrogens is 354 g/mol. The summed E-state index contributed by atoms with van der Waals surface area (Å²) in [5.41, 5.74) is 2.23. The molecule has 0 spiro atoms. The van der Waals surface area contributed by atoms with Crippen molar-refractivity contribution in [2.24, 2.45) is 0 Å². The summed E-state index contributed by atoms with van der Waals surface area (Å²) in [5.74, 6) is 0.913. The maximum Gasteiger partial charge on any atom is 0.220 e. The summed E-state index contributed by atoms with van der Waals surface area (Å²) in [6, 6.07) is 15.9. The number of ether oxygens (including phenoxy) is 1. The van der Waals surface area contributed by atoms with Crippen LogP contribution in [0, 0.1) is 0 Å². The summed E-state index contributed by atoms with van der Waals surface area (Å²) in [6.07, 6.45) is 1.22. The van der Waals surface area contributed by atoms with Gasteiger partial charge in [-0.3, -0.25) is 4.79 Å². The van der Waals surface area contributed by atoms with E-state index < -0.39 is 0 Å². The highest BCUT2D eigenvalue weighted by Crippen LogP contribution is 2.18. The molecule has 122 valence electrons. The highest BCUT2D eigenvalue weighted by Gasteiger charge is 2.10. The Kier molecular flexibility index (Phi) is 6.66. The Bertz CT molecular complexity index is 640. The summed E-state index contributed by atoms with van der Waals surface area (Å²) in [7, 11) is 0. The Labute approximate surface area is 146 Å². The second-order valence-electron chi connectivity index (χ2n) is 5.42. The van der Waals surface area contributed by atoms with Crippen LogP contribution in [0.3, 0.4) is 0 Å². The van der Waals surface area contributed by atoms with Crippen LogP contribution < -0.4 is 10.1 Å². The van der Waals surface area contributed by atoms with Gasteiger partial charge in [0.25, 0.3) is 0 Å². The standard InChI is InChI=1S/C19H22BrNO2/c1-3-23-18-10-8-16(9-11-18)14(2)21-19(22)12-7-15-5-4-6-17(20)13-15/h4-6,8-11,13-14H,3,7,12H2,1-2H3,(H,21,22). The minimum atomic E-state index is -0.0133. The van der Waals surface area contributed by atoms with E-state index in [4.69, 9.17) is 4.74 Å². The van der Waals surface area contributed by atoms with Crippen LogP contribution in [0.25, 0.3) is 0 Å². The zero-order chi connectivity index (χ0) is 16.7. The molecule has 2 aromatic rings. The summed E-state index contributed by atoms with van der Waals surface area (Å²) in [5, 5.41) is 3.04. The molecule has 23 heavy (non-hydrogen) atoms. The third-order valence-electron chi connectivity index (χ3n) is 3.60. The Hall–Kier alpha value is -1.81. The minimum Gasteiger partial charge on any atom is -0.494 e. The van der Waals surface area contributed by atoms with Crippen LogP contribution in [0.4, 0.5) is 0 Å². The van der Waals surface area contributed by atoms with E-state index in [-0.39, 0.29) is 11.9 Å². The van der Waals surface area contributed by atoms with Gasteiger partial charge in [-0.2, -0.15) is 0 Å². The number of benzene rings is 2. The number of aryl methyl sites for hydroxylation is 1. The van der Waals surface area contributed by atoms with Crippen molar-refractivity contribution in [3.8, 4) is 5.75 Å². The topological polar surface area (TPSA) is 38.3 Å². The van der Waals surface area contributed by atoms with E-state index in [1.807, 2.05) is 62.4 Å². The Morgan fingerprint density at radius 1 is 1.22 bits per heavy atom. The largest absolute Gasteiger partial charge is 0.494 e. The van der Waals surface area contributed by atoms with Gasteiger partial charge in [0.1, 0.15) is 5.75 Å². The van der Waals surface area contributed by atoms with Gasteiger partial charge in [-0.15, -0.1) is 0 Å². The highest BCUT2D eigenvalue weighted by molar-refractivity contribution is 9.10. The van der Waals surface area contributed by atoms with E-state index in [9.17, 15) is 4.79 Å². The zero-order valence-corrected chi connectivity index (χ0v) is 15.1. The first kappa shape index (κ1) is 17.5. The van der Waals surface area contributed by atoms with Gasteiger partial charge in [0.05, 0.1) is 12.6 Å². The van der Waals surface area contributed by atoms with Crippen LogP contribution in [-0.2, 0) is 11.2 Å². The van der Waals surface area contributed by atoms with Crippen LogP contribution >= 0.6 is 15.9 Å². The molecule has 0 aliphatic carbocycles. The lowest BCUT2D eigenvalue weighted by Crippen LogP contribution is -2.26. The summed E-state index contributed by atoms with van der Waals surface area (Å²) < 4.78 is 6.47. The van der Waals surface area contributed by atoms with E-state index in [0.717, 1.165) is 27.8 Å². The monoisotopic (exact) mass is 375 g/mol. The molecule has 1 unspecified atom stereocenters. The van der Waals surface area contributed by atoms with Gasteiger partial charge < -0.3 is 10.1 Å². The predicted octanol–water partition coefficient (Wildman–Crippen LogP) is 4.66. The normalized spacial score (nSPS) is 11.8. The zero-order valence-electron chi connectivity index (χ0n) is 13.5. The molecule has 4 heteroatoms. The smallest absolute Gasteiger partial charge is 0.220 e. The van der Waals surface area contributed by atoms with Crippen molar-refractivity contribution in [3.63, 3.8) is 0 Å². The second kappa shape index (κ2) is 8.73. The van der Waals surface area contributed by atoms with Crippen LogP contribution in [0.1, 0.15) is 37.4 Å². The third kappa shape index (κ3) is 5.71. The Morgan fingerprint density at radius 2 is 1.96 bits per heavy atom. The molecule has 0 saturated carbocycles. The fraction of sp³-hybridized carbons (Fsp3) is 0.316. The van der Waals surface area contributed by atoms with Gasteiger partial charge in [-0.1, -0.05) is 40.2 Å². The fourth-order valence-corrected chi connectivity index (χ4v) is 2.81. The molecule has 2 aromatic carbocycles. The van der Waals surface area contributed by atoms with Crippen molar-refractivity contribution in [2.75, 3.05) is 6.61 Å². The highest BCUT2D eigenvalue weighted by atomic mass is 79.9. The van der Waals surface area contributed by atoms with E-state index in [0.29, 0.717) is 13.0 Å². The minimum absolute atomic E-state index is 0.0133. The number of halogens is 1. The number of rotatable bonds is 7. The fourth-order valence-electron chi connectivity index (χ4n) is 2.37. The van der Waals surface area contributed by atoms with Crippen molar-refractivity contribution in [1.29, 1.82) is 0 Å². The molecule has 0 bridgehead atoms. The number of hydrogen-bond donors (Lipinski definition) is 1. The molecular formula is C19H22BrNO2. The van der Waals surface area contributed by atoms with Gasteiger partial charge in [0.15, 0.2) is 0 Å². The van der Waals surface area contributed by atoms with Crippen molar-refractivity contribution in [1.82, 2.24) is 5.32 Å². The molecule has 0 fully saturated rings. The van der Waals surface area contributed by atoms with Crippen molar-refractivity contribution < 1.29 is 9.53 Å². The van der Waals surface area contributed by atoms with E-state index in [2.05, 4.69) is 21.2 Å². The average molecular weight is 376 g/mol. The van der Waals surface area contributed by atoms with Crippen LogP contribution in [0.15, 0.2) is 53.0 Å². The number of hydrogen-bond acceptors (Lipinski definition) is 2. The average Bonchev–Trinajstić information content (AvgIpc) is 2.54. The van der Waals surface area contributed by atoms with Gasteiger partial charge in [0, 0.05) is 10.9 Å². The lowest BCUT2D eigenvalue weighted by molar-refractivity contribution is -0.121. The molecule has 0 saturated heterocycles. The quantitative estimate of drug-likeness (QED) is 0.764. The van der Waals surface area contributed by atoms with E-state index in [1.165, 1.54) is 0 Å². The molecule has 3 nitrogen and oxygen atoms in total. The first-order chi connectivity index (χ1) is 11.1. The second-order valence-corrected chi connectivity index (χ2v) is 6.34. The van der Waals surface area contributed by atoms with E-state index >= 15 is 0 Å². The SMILES string of the molecule is CCOc1ccc(C(C)NC(=O)CCc2cccc(Br)c2)cc1. The predicted molar refractivity (Wildman–Crippen MR) is 96.6 cm³/mol. The summed E-state index contributed by atoms with van der Waals surface area (Å²) in [4.78, 5) is 12.1. The summed E-state index contributed by atoms with van der Waals surface area (Å²) in [6.45, 7) is 4.61. The Morgan fingerprint density at radius 3 is 2.61 bits per heavy atom. The lowest BCUT2D eigenvalue weighted by Gasteiger charge is -2.15. The number of nitrogens with one attached hydrogen (secondary N) is 1. The molecule has 0 aliphatic rings. The van der Waals surface area contributed by atoms with E-state index in [1.54, 1.807) is 0 Å². The maximum absolute atomic E-state index is 12.1. The number of carbonyl (C=O) groups is 1. The molecule has 2 rings (SSSR count). The van der Waals surface area contributed by atoms with Crippen LogP contribution in [0.5, 0.6) is 5.75 Å². The number of carbonyl (C=O) groups excluding carboxylic acids is 1. The lowest BCUT2D eigenvalue weighted by atomic mass is 10.1. The molecule has 1 N–H and O–H groups in total. The van der Waals surface area contributed by atoms with Crippen molar-refractivity contribution in [2.45, 2.75) is 32.7 Å². The first-order valence-electron chi connectivity index (χ1n) is 7.85. The molecule has 0 heterocycles. The number of amides is 1. The Balaban J connectivity index is 1.84. The van der Waals surface area contributed by atoms with Gasteiger partial charge >= 0.3 is 0 Å². The van der Waals surface area contributed by atoms with Gasteiger partial charge in [-0.05, 0) is 55.7 Å². The molecule has 0 radical (unpaired) electrons.